The van der Waals surface area contributed by atoms with Gasteiger partial charge in [-0.05, 0) is 23.7 Å². The second-order valence-electron chi connectivity index (χ2n) is 5.10. The van der Waals surface area contributed by atoms with E-state index in [1.165, 1.54) is 0 Å². The molecule has 1 amide bonds. The first kappa shape index (κ1) is 9.56. The minimum Gasteiger partial charge on any atom is -0.369 e. The molecular weight excluding hydrogens is 150 g/mol. The SMILES string of the molecule is CC1(C)CCC(C(N)=O)C1(C)C. The van der Waals surface area contributed by atoms with Crippen molar-refractivity contribution in [2.24, 2.45) is 22.5 Å². The summed E-state index contributed by atoms with van der Waals surface area (Å²) in [6, 6.07) is 0. The van der Waals surface area contributed by atoms with E-state index in [4.69, 9.17) is 5.73 Å². The minimum absolute atomic E-state index is 0.0544. The van der Waals surface area contributed by atoms with Crippen molar-refractivity contribution in [3.05, 3.63) is 0 Å². The average Bonchev–Trinajstić information content (AvgIpc) is 2.03. The third-order valence-electron chi connectivity index (χ3n) is 4.02. The molecule has 12 heavy (non-hydrogen) atoms. The zero-order chi connectivity index (χ0) is 9.57. The summed E-state index contributed by atoms with van der Waals surface area (Å²) in [4.78, 5) is 11.1. The third-order valence-corrected chi connectivity index (χ3v) is 4.02. The fourth-order valence-electron chi connectivity index (χ4n) is 2.16. The molecule has 2 N–H and O–H groups in total. The standard InChI is InChI=1S/C10H19NO/c1-9(2)6-5-7(8(11)12)10(9,3)4/h7H,5-6H2,1-4H3,(H2,11,12). The smallest absolute Gasteiger partial charge is 0.221 e. The van der Waals surface area contributed by atoms with Crippen LogP contribution in [-0.2, 0) is 4.79 Å². The van der Waals surface area contributed by atoms with Gasteiger partial charge < -0.3 is 5.73 Å². The summed E-state index contributed by atoms with van der Waals surface area (Å²) in [5.74, 6) is -0.0712. The van der Waals surface area contributed by atoms with Crippen molar-refractivity contribution in [1.82, 2.24) is 0 Å². The van der Waals surface area contributed by atoms with Crippen LogP contribution in [0.5, 0.6) is 0 Å². The first-order chi connectivity index (χ1) is 5.29. The fraction of sp³-hybridized carbons (Fsp3) is 0.900. The van der Waals surface area contributed by atoms with E-state index in [0.717, 1.165) is 12.8 Å². The Bertz CT molecular complexity index is 206. The maximum Gasteiger partial charge on any atom is 0.221 e. The van der Waals surface area contributed by atoms with Crippen LogP contribution in [0.4, 0.5) is 0 Å². The number of hydrogen-bond acceptors (Lipinski definition) is 1. The van der Waals surface area contributed by atoms with E-state index in [1.807, 2.05) is 0 Å². The normalized spacial score (nSPS) is 31.8. The molecule has 0 aromatic heterocycles. The van der Waals surface area contributed by atoms with Gasteiger partial charge in [-0.2, -0.15) is 0 Å². The molecule has 1 fully saturated rings. The number of carbonyl (C=O) groups excluding carboxylic acids is 1. The second-order valence-corrected chi connectivity index (χ2v) is 5.10. The van der Waals surface area contributed by atoms with E-state index in [9.17, 15) is 4.79 Å². The molecule has 2 nitrogen and oxygen atoms in total. The van der Waals surface area contributed by atoms with E-state index in [2.05, 4.69) is 27.7 Å². The van der Waals surface area contributed by atoms with Crippen LogP contribution >= 0.6 is 0 Å². The highest BCUT2D eigenvalue weighted by atomic mass is 16.1. The molecule has 1 atom stereocenters. The van der Waals surface area contributed by atoms with Crippen molar-refractivity contribution >= 4 is 5.91 Å². The van der Waals surface area contributed by atoms with E-state index in [-0.39, 0.29) is 22.7 Å². The van der Waals surface area contributed by atoms with Crippen LogP contribution in [-0.4, -0.2) is 5.91 Å². The first-order valence-electron chi connectivity index (χ1n) is 4.58. The highest BCUT2D eigenvalue weighted by Crippen LogP contribution is 2.55. The number of carbonyl (C=O) groups is 1. The van der Waals surface area contributed by atoms with Gasteiger partial charge >= 0.3 is 0 Å². The van der Waals surface area contributed by atoms with Crippen molar-refractivity contribution in [1.29, 1.82) is 0 Å². The topological polar surface area (TPSA) is 43.1 Å². The molecule has 2 heteroatoms. The lowest BCUT2D eigenvalue weighted by atomic mass is 9.67. The number of nitrogens with two attached hydrogens (primary N) is 1. The maximum absolute atomic E-state index is 11.1. The van der Waals surface area contributed by atoms with Gasteiger partial charge in [-0.25, -0.2) is 0 Å². The van der Waals surface area contributed by atoms with E-state index >= 15 is 0 Å². The molecule has 0 spiro atoms. The molecule has 1 aliphatic rings. The van der Waals surface area contributed by atoms with Crippen LogP contribution in [0.1, 0.15) is 40.5 Å². The van der Waals surface area contributed by atoms with Gasteiger partial charge in [-0.1, -0.05) is 27.7 Å². The lowest BCUT2D eigenvalue weighted by Crippen LogP contribution is -2.38. The predicted octanol–water partition coefficient (Wildman–Crippen LogP) is 1.93. The van der Waals surface area contributed by atoms with Gasteiger partial charge in [0.1, 0.15) is 0 Å². The van der Waals surface area contributed by atoms with Gasteiger partial charge in [-0.15, -0.1) is 0 Å². The van der Waals surface area contributed by atoms with Gasteiger partial charge in [0.2, 0.25) is 5.91 Å². The number of amides is 1. The molecule has 0 saturated heterocycles. The summed E-state index contributed by atoms with van der Waals surface area (Å²) < 4.78 is 0. The van der Waals surface area contributed by atoms with Crippen molar-refractivity contribution in [2.75, 3.05) is 0 Å². The van der Waals surface area contributed by atoms with E-state index in [1.54, 1.807) is 0 Å². The summed E-state index contributed by atoms with van der Waals surface area (Å²) in [7, 11) is 0. The molecule has 0 aromatic rings. The fourth-order valence-corrected chi connectivity index (χ4v) is 2.16. The molecular formula is C10H19NO. The van der Waals surface area contributed by atoms with Crippen molar-refractivity contribution in [3.8, 4) is 0 Å². The Balaban J connectivity index is 2.93. The highest BCUT2D eigenvalue weighted by Gasteiger charge is 2.50. The Morgan fingerprint density at radius 3 is 2.00 bits per heavy atom. The van der Waals surface area contributed by atoms with Crippen LogP contribution < -0.4 is 5.73 Å². The Kier molecular flexibility index (Phi) is 1.97. The molecule has 1 rings (SSSR count). The lowest BCUT2D eigenvalue weighted by Gasteiger charge is -2.37. The molecule has 70 valence electrons. The number of rotatable bonds is 1. The van der Waals surface area contributed by atoms with Crippen LogP contribution in [0.2, 0.25) is 0 Å². The molecule has 1 aliphatic carbocycles. The molecule has 0 bridgehead atoms. The van der Waals surface area contributed by atoms with Crippen molar-refractivity contribution < 1.29 is 4.79 Å². The van der Waals surface area contributed by atoms with Gasteiger partial charge in [0.15, 0.2) is 0 Å². The van der Waals surface area contributed by atoms with E-state index < -0.39 is 0 Å². The Hall–Kier alpha value is -0.530. The van der Waals surface area contributed by atoms with Gasteiger partial charge in [0, 0.05) is 5.92 Å². The highest BCUT2D eigenvalue weighted by molar-refractivity contribution is 5.78. The first-order valence-corrected chi connectivity index (χ1v) is 4.58. The van der Waals surface area contributed by atoms with Crippen LogP contribution in [0, 0.1) is 16.7 Å². The van der Waals surface area contributed by atoms with Gasteiger partial charge in [-0.3, -0.25) is 4.79 Å². The van der Waals surface area contributed by atoms with Crippen LogP contribution in [0.15, 0.2) is 0 Å². The van der Waals surface area contributed by atoms with Crippen molar-refractivity contribution in [3.63, 3.8) is 0 Å². The lowest BCUT2D eigenvalue weighted by molar-refractivity contribution is -0.125. The third kappa shape index (κ3) is 1.13. The summed E-state index contributed by atoms with van der Waals surface area (Å²) in [6.07, 6.45) is 2.06. The van der Waals surface area contributed by atoms with E-state index in [0.29, 0.717) is 0 Å². The number of primary amides is 1. The Labute approximate surface area is 74.5 Å². The zero-order valence-electron chi connectivity index (χ0n) is 8.48. The quantitative estimate of drug-likeness (QED) is 0.640. The van der Waals surface area contributed by atoms with Gasteiger partial charge in [0.05, 0.1) is 0 Å². The van der Waals surface area contributed by atoms with Crippen LogP contribution in [0.3, 0.4) is 0 Å². The maximum atomic E-state index is 11.1. The molecule has 1 saturated carbocycles. The molecule has 0 aromatic carbocycles. The van der Waals surface area contributed by atoms with Crippen LogP contribution in [0.25, 0.3) is 0 Å². The predicted molar refractivity (Wildman–Crippen MR) is 49.5 cm³/mol. The summed E-state index contributed by atoms with van der Waals surface area (Å²) in [6.45, 7) is 8.73. The van der Waals surface area contributed by atoms with Gasteiger partial charge in [0.25, 0.3) is 0 Å². The minimum atomic E-state index is -0.134. The zero-order valence-corrected chi connectivity index (χ0v) is 8.48. The second kappa shape index (κ2) is 2.48. The van der Waals surface area contributed by atoms with Crippen molar-refractivity contribution in [2.45, 2.75) is 40.5 Å². The number of hydrogen-bond donors (Lipinski definition) is 1. The molecule has 0 aliphatic heterocycles. The molecule has 1 unspecified atom stereocenters. The monoisotopic (exact) mass is 169 g/mol. The average molecular weight is 169 g/mol. The Morgan fingerprint density at radius 1 is 1.33 bits per heavy atom. The summed E-state index contributed by atoms with van der Waals surface area (Å²) >= 11 is 0. The largest absolute Gasteiger partial charge is 0.369 e. The molecule has 0 heterocycles. The Morgan fingerprint density at radius 2 is 1.83 bits per heavy atom. The summed E-state index contributed by atoms with van der Waals surface area (Å²) in [5.41, 5.74) is 5.65. The molecule has 0 radical (unpaired) electrons. The summed E-state index contributed by atoms with van der Waals surface area (Å²) in [5, 5.41) is 0.